The van der Waals surface area contributed by atoms with Crippen LogP contribution in [0.3, 0.4) is 0 Å². The molecule has 0 amide bonds. The van der Waals surface area contributed by atoms with Crippen molar-refractivity contribution in [3.05, 3.63) is 63.8 Å². The minimum absolute atomic E-state index is 0.0665. The van der Waals surface area contributed by atoms with Gasteiger partial charge in [0, 0.05) is 36.0 Å². The number of hydrogen-bond donors (Lipinski definition) is 0. The van der Waals surface area contributed by atoms with Gasteiger partial charge in [-0.05, 0) is 37.3 Å². The molecular formula is C21H19NO2. The van der Waals surface area contributed by atoms with E-state index in [1.54, 1.807) is 6.07 Å². The fourth-order valence-corrected chi connectivity index (χ4v) is 4.21. The molecule has 0 bridgehead atoms. The summed E-state index contributed by atoms with van der Waals surface area (Å²) in [4.78, 5) is 15.2. The van der Waals surface area contributed by atoms with E-state index in [4.69, 9.17) is 4.42 Å². The van der Waals surface area contributed by atoms with Crippen LogP contribution in [0.15, 0.2) is 51.7 Å². The summed E-state index contributed by atoms with van der Waals surface area (Å²) in [5.74, 6) is 0.664. The van der Waals surface area contributed by atoms with Gasteiger partial charge in [0.2, 0.25) is 0 Å². The maximum atomic E-state index is 12.8. The van der Waals surface area contributed by atoms with Crippen LogP contribution in [0.4, 0.5) is 5.69 Å². The zero-order valence-electron chi connectivity index (χ0n) is 13.5. The maximum Gasteiger partial charge on any atom is 0.193 e. The van der Waals surface area contributed by atoms with Crippen molar-refractivity contribution in [3.8, 4) is 11.3 Å². The lowest BCUT2D eigenvalue weighted by Crippen LogP contribution is -2.34. The van der Waals surface area contributed by atoms with Crippen LogP contribution in [0.1, 0.15) is 24.0 Å². The Hall–Kier alpha value is -2.55. The lowest BCUT2D eigenvalue weighted by Gasteiger charge is -2.37. The third kappa shape index (κ3) is 2.01. The Kier molecular flexibility index (Phi) is 3.02. The summed E-state index contributed by atoms with van der Waals surface area (Å²) >= 11 is 0. The number of anilines is 1. The zero-order chi connectivity index (χ0) is 16.1. The highest BCUT2D eigenvalue weighted by molar-refractivity contribution is 5.89. The molecule has 0 N–H and O–H groups in total. The first kappa shape index (κ1) is 13.8. The molecule has 3 aromatic rings. The van der Waals surface area contributed by atoms with E-state index in [1.165, 1.54) is 23.2 Å². The van der Waals surface area contributed by atoms with Crippen molar-refractivity contribution in [2.45, 2.75) is 25.7 Å². The molecule has 2 aliphatic heterocycles. The lowest BCUT2D eigenvalue weighted by molar-refractivity contribution is 0.594. The SMILES string of the molecule is O=c1cc(-c2ccccc2)oc2c3c4c(cc12)CCCN4CCC3. The van der Waals surface area contributed by atoms with Gasteiger partial charge < -0.3 is 9.32 Å². The predicted octanol–water partition coefficient (Wildman–Crippen LogP) is 4.16. The van der Waals surface area contributed by atoms with Crippen molar-refractivity contribution in [3.63, 3.8) is 0 Å². The van der Waals surface area contributed by atoms with Crippen LogP contribution in [0.2, 0.25) is 0 Å². The minimum Gasteiger partial charge on any atom is -0.455 e. The zero-order valence-corrected chi connectivity index (χ0v) is 13.5. The number of benzene rings is 2. The molecule has 0 spiro atoms. The summed E-state index contributed by atoms with van der Waals surface area (Å²) in [7, 11) is 0. The molecule has 24 heavy (non-hydrogen) atoms. The van der Waals surface area contributed by atoms with Crippen molar-refractivity contribution in [2.75, 3.05) is 18.0 Å². The first-order valence-corrected chi connectivity index (χ1v) is 8.74. The van der Waals surface area contributed by atoms with E-state index in [9.17, 15) is 4.79 Å². The van der Waals surface area contributed by atoms with Gasteiger partial charge in [0.25, 0.3) is 0 Å². The molecule has 0 unspecified atom stereocenters. The number of fused-ring (bicyclic) bond motifs is 2. The van der Waals surface area contributed by atoms with Crippen LogP contribution in [0, 0.1) is 0 Å². The molecule has 2 aliphatic rings. The molecule has 3 heterocycles. The summed E-state index contributed by atoms with van der Waals surface area (Å²) in [5.41, 5.74) is 5.72. The third-order valence-corrected chi connectivity index (χ3v) is 5.27. The van der Waals surface area contributed by atoms with Gasteiger partial charge in [0.05, 0.1) is 5.39 Å². The van der Waals surface area contributed by atoms with Gasteiger partial charge in [-0.2, -0.15) is 0 Å². The average Bonchev–Trinajstić information content (AvgIpc) is 2.63. The molecule has 3 heteroatoms. The largest absolute Gasteiger partial charge is 0.455 e. The number of aryl methyl sites for hydroxylation is 2. The Morgan fingerprint density at radius 1 is 0.958 bits per heavy atom. The van der Waals surface area contributed by atoms with E-state index in [1.807, 2.05) is 30.3 Å². The van der Waals surface area contributed by atoms with Gasteiger partial charge in [-0.3, -0.25) is 4.79 Å². The number of hydrogen-bond acceptors (Lipinski definition) is 3. The molecule has 1 aromatic heterocycles. The van der Waals surface area contributed by atoms with Crippen LogP contribution < -0.4 is 10.3 Å². The van der Waals surface area contributed by atoms with Crippen molar-refractivity contribution in [1.82, 2.24) is 0 Å². The second-order valence-electron chi connectivity index (χ2n) is 6.77. The molecule has 3 nitrogen and oxygen atoms in total. The normalized spacial score (nSPS) is 16.2. The van der Waals surface area contributed by atoms with E-state index in [-0.39, 0.29) is 5.43 Å². The highest BCUT2D eigenvalue weighted by Crippen LogP contribution is 2.40. The minimum atomic E-state index is 0.0665. The molecule has 0 radical (unpaired) electrons. The average molecular weight is 317 g/mol. The Balaban J connectivity index is 1.83. The molecule has 5 rings (SSSR count). The van der Waals surface area contributed by atoms with Crippen LogP contribution >= 0.6 is 0 Å². The Bertz CT molecular complexity index is 986. The van der Waals surface area contributed by atoms with Crippen molar-refractivity contribution in [1.29, 1.82) is 0 Å². The predicted molar refractivity (Wildman–Crippen MR) is 96.8 cm³/mol. The first-order valence-electron chi connectivity index (χ1n) is 8.74. The van der Waals surface area contributed by atoms with E-state index in [0.717, 1.165) is 48.9 Å². The summed E-state index contributed by atoms with van der Waals surface area (Å²) in [5, 5.41) is 0.743. The van der Waals surface area contributed by atoms with Gasteiger partial charge in [0.15, 0.2) is 5.43 Å². The van der Waals surface area contributed by atoms with E-state index >= 15 is 0 Å². The number of nitrogens with zero attached hydrogens (tertiary/aromatic N) is 1. The van der Waals surface area contributed by atoms with Crippen LogP contribution in [-0.2, 0) is 12.8 Å². The van der Waals surface area contributed by atoms with Crippen molar-refractivity contribution >= 4 is 16.7 Å². The van der Waals surface area contributed by atoms with Crippen molar-refractivity contribution < 1.29 is 4.42 Å². The van der Waals surface area contributed by atoms with E-state index < -0.39 is 0 Å². The van der Waals surface area contributed by atoms with Gasteiger partial charge in [-0.15, -0.1) is 0 Å². The molecule has 0 fully saturated rings. The molecule has 0 aliphatic carbocycles. The van der Waals surface area contributed by atoms with Gasteiger partial charge in [-0.1, -0.05) is 30.3 Å². The van der Waals surface area contributed by atoms with Gasteiger partial charge >= 0.3 is 0 Å². The first-order chi connectivity index (χ1) is 11.8. The second kappa shape index (κ2) is 5.23. The Labute approximate surface area is 140 Å². The van der Waals surface area contributed by atoms with Gasteiger partial charge in [-0.25, -0.2) is 0 Å². The maximum absolute atomic E-state index is 12.8. The summed E-state index contributed by atoms with van der Waals surface area (Å²) in [6.07, 6.45) is 4.36. The molecule has 0 atom stereocenters. The Morgan fingerprint density at radius 3 is 2.58 bits per heavy atom. The van der Waals surface area contributed by atoms with E-state index in [2.05, 4.69) is 11.0 Å². The van der Waals surface area contributed by atoms with Crippen molar-refractivity contribution in [2.24, 2.45) is 0 Å². The summed E-state index contributed by atoms with van der Waals surface area (Å²) < 4.78 is 6.27. The molecule has 120 valence electrons. The standard InChI is InChI=1S/C21H19NO2/c23-18-13-19(14-6-2-1-3-7-14)24-21-16-9-5-11-22-10-4-8-15(20(16)22)12-17(18)21/h1-3,6-7,12-13H,4-5,8-11H2. The summed E-state index contributed by atoms with van der Waals surface area (Å²) in [6, 6.07) is 13.6. The quantitative estimate of drug-likeness (QED) is 0.676. The molecule has 0 saturated carbocycles. The van der Waals surface area contributed by atoms with Gasteiger partial charge in [0.1, 0.15) is 11.3 Å². The monoisotopic (exact) mass is 317 g/mol. The van der Waals surface area contributed by atoms with Crippen LogP contribution in [-0.4, -0.2) is 13.1 Å². The fraction of sp³-hybridized carbons (Fsp3) is 0.286. The van der Waals surface area contributed by atoms with Crippen LogP contribution in [0.25, 0.3) is 22.3 Å². The smallest absolute Gasteiger partial charge is 0.193 e. The van der Waals surface area contributed by atoms with E-state index in [0.29, 0.717) is 5.76 Å². The second-order valence-corrected chi connectivity index (χ2v) is 6.77. The molecule has 2 aromatic carbocycles. The van der Waals surface area contributed by atoms with Crippen LogP contribution in [0.5, 0.6) is 0 Å². The highest BCUT2D eigenvalue weighted by atomic mass is 16.3. The lowest BCUT2D eigenvalue weighted by atomic mass is 9.90. The number of rotatable bonds is 1. The Morgan fingerprint density at radius 2 is 1.75 bits per heavy atom. The molecule has 0 saturated heterocycles. The third-order valence-electron chi connectivity index (χ3n) is 5.27. The summed E-state index contributed by atoms with van der Waals surface area (Å²) in [6.45, 7) is 2.24. The fourth-order valence-electron chi connectivity index (χ4n) is 4.21. The topological polar surface area (TPSA) is 33.5 Å². The molecular weight excluding hydrogens is 298 g/mol. The highest BCUT2D eigenvalue weighted by Gasteiger charge is 2.27.